The van der Waals surface area contributed by atoms with Crippen molar-refractivity contribution in [2.75, 3.05) is 11.9 Å². The smallest absolute Gasteiger partial charge is 0.255 e. The molecule has 0 N–H and O–H groups in total. The van der Waals surface area contributed by atoms with E-state index in [9.17, 15) is 8.42 Å². The molecule has 1 aromatic rings. The van der Waals surface area contributed by atoms with Crippen molar-refractivity contribution < 1.29 is 8.42 Å². The zero-order chi connectivity index (χ0) is 13.2. The lowest BCUT2D eigenvalue weighted by Crippen LogP contribution is -2.39. The fraction of sp³-hybridized carbons (Fsp3) is 0.667. The van der Waals surface area contributed by atoms with Crippen LogP contribution in [0.3, 0.4) is 0 Å². The van der Waals surface area contributed by atoms with Crippen LogP contribution in [0.1, 0.15) is 13.8 Å². The minimum absolute atomic E-state index is 0.0359. The largest absolute Gasteiger partial charge is 0.261 e. The molecule has 0 aliphatic rings. The summed E-state index contributed by atoms with van der Waals surface area (Å²) < 4.78 is 27.5. The Hall–Kier alpha value is -0.110. The number of alkyl halides is 1. The van der Waals surface area contributed by atoms with Gasteiger partial charge in [-0.25, -0.2) is 8.42 Å². The van der Waals surface area contributed by atoms with Crippen LogP contribution in [0.2, 0.25) is 5.02 Å². The van der Waals surface area contributed by atoms with Crippen LogP contribution in [0, 0.1) is 0 Å². The molecule has 1 aromatic heterocycles. The predicted molar refractivity (Wildman–Crippen MR) is 71.0 cm³/mol. The van der Waals surface area contributed by atoms with Gasteiger partial charge in [-0.3, -0.25) is 4.68 Å². The van der Waals surface area contributed by atoms with Crippen LogP contribution < -0.4 is 0 Å². The molecule has 0 bridgehead atoms. The summed E-state index contributed by atoms with van der Waals surface area (Å²) in [4.78, 5) is 0. The standard InChI is InChI=1S/C9H15BrClN3O2S/c1-7(2)14(5-4-10)17(15,16)9-8(11)6-12-13(9)3/h6-7H,4-5H2,1-3H3. The molecule has 0 radical (unpaired) electrons. The fourth-order valence-corrected chi connectivity index (χ4v) is 4.40. The van der Waals surface area contributed by atoms with Crippen LogP contribution in [0.15, 0.2) is 11.2 Å². The molecule has 0 saturated heterocycles. The lowest BCUT2D eigenvalue weighted by molar-refractivity contribution is 0.368. The normalized spacial score (nSPS) is 12.6. The van der Waals surface area contributed by atoms with Gasteiger partial charge in [0.1, 0.15) is 0 Å². The highest BCUT2D eigenvalue weighted by molar-refractivity contribution is 9.09. The number of hydrogen-bond acceptors (Lipinski definition) is 3. The number of aromatic nitrogens is 2. The molecule has 8 heteroatoms. The third-order valence-electron chi connectivity index (χ3n) is 2.28. The first-order valence-electron chi connectivity index (χ1n) is 5.07. The zero-order valence-corrected chi connectivity index (χ0v) is 13.0. The molecule has 1 rings (SSSR count). The summed E-state index contributed by atoms with van der Waals surface area (Å²) in [5, 5.41) is 4.60. The number of halogens is 2. The van der Waals surface area contributed by atoms with Crippen molar-refractivity contribution in [3.05, 3.63) is 11.2 Å². The second kappa shape index (κ2) is 5.69. The zero-order valence-electron chi connectivity index (χ0n) is 9.89. The highest BCUT2D eigenvalue weighted by Gasteiger charge is 2.31. The van der Waals surface area contributed by atoms with E-state index in [0.29, 0.717) is 11.9 Å². The van der Waals surface area contributed by atoms with Gasteiger partial charge in [0.15, 0.2) is 5.03 Å². The molecule has 1 heterocycles. The van der Waals surface area contributed by atoms with Gasteiger partial charge in [-0.2, -0.15) is 9.40 Å². The van der Waals surface area contributed by atoms with Crippen LogP contribution >= 0.6 is 27.5 Å². The number of nitrogens with zero attached hydrogens (tertiary/aromatic N) is 3. The van der Waals surface area contributed by atoms with E-state index in [-0.39, 0.29) is 16.1 Å². The van der Waals surface area contributed by atoms with Gasteiger partial charge in [0, 0.05) is 25.0 Å². The predicted octanol–water partition coefficient (Wildman–Crippen LogP) is 1.87. The first-order chi connectivity index (χ1) is 7.82. The van der Waals surface area contributed by atoms with Crippen molar-refractivity contribution in [2.24, 2.45) is 7.05 Å². The van der Waals surface area contributed by atoms with Crippen LogP contribution in [-0.4, -0.2) is 40.4 Å². The summed E-state index contributed by atoms with van der Waals surface area (Å²) in [6.07, 6.45) is 1.33. The summed E-state index contributed by atoms with van der Waals surface area (Å²) in [6.45, 7) is 4.04. The van der Waals surface area contributed by atoms with E-state index in [1.807, 2.05) is 13.8 Å². The first kappa shape index (κ1) is 14.9. The molecule has 5 nitrogen and oxygen atoms in total. The summed E-state index contributed by atoms with van der Waals surface area (Å²) in [6, 6.07) is -0.136. The summed E-state index contributed by atoms with van der Waals surface area (Å²) in [7, 11) is -2.05. The van der Waals surface area contributed by atoms with Gasteiger partial charge in [0.25, 0.3) is 10.0 Å². The second-order valence-electron chi connectivity index (χ2n) is 3.82. The Morgan fingerprint density at radius 3 is 2.53 bits per heavy atom. The van der Waals surface area contributed by atoms with E-state index >= 15 is 0 Å². The molecule has 0 atom stereocenters. The van der Waals surface area contributed by atoms with Crippen molar-refractivity contribution in [3.8, 4) is 0 Å². The number of rotatable bonds is 5. The van der Waals surface area contributed by atoms with Gasteiger partial charge in [0.2, 0.25) is 0 Å². The van der Waals surface area contributed by atoms with Gasteiger partial charge in [-0.1, -0.05) is 27.5 Å². The molecule has 0 aliphatic heterocycles. The highest BCUT2D eigenvalue weighted by Crippen LogP contribution is 2.24. The Morgan fingerprint density at radius 1 is 1.59 bits per heavy atom. The van der Waals surface area contributed by atoms with Crippen molar-refractivity contribution in [2.45, 2.75) is 24.9 Å². The minimum Gasteiger partial charge on any atom is -0.255 e. The maximum atomic E-state index is 12.4. The maximum absolute atomic E-state index is 12.4. The van der Waals surface area contributed by atoms with Gasteiger partial charge in [-0.05, 0) is 13.8 Å². The molecule has 0 amide bonds. The molecule has 0 aromatic carbocycles. The summed E-state index contributed by atoms with van der Waals surface area (Å²) >= 11 is 9.13. The van der Waals surface area contributed by atoms with Crippen molar-refractivity contribution in [1.29, 1.82) is 0 Å². The molecule has 0 saturated carbocycles. The Balaban J connectivity index is 3.26. The van der Waals surface area contributed by atoms with Gasteiger partial charge in [-0.15, -0.1) is 0 Å². The van der Waals surface area contributed by atoms with E-state index in [2.05, 4.69) is 21.0 Å². The van der Waals surface area contributed by atoms with E-state index in [4.69, 9.17) is 11.6 Å². The average Bonchev–Trinajstić information content (AvgIpc) is 2.54. The monoisotopic (exact) mass is 343 g/mol. The second-order valence-corrected chi connectivity index (χ2v) is 6.83. The Morgan fingerprint density at radius 2 is 2.18 bits per heavy atom. The molecule has 0 spiro atoms. The van der Waals surface area contributed by atoms with Gasteiger partial charge >= 0.3 is 0 Å². The van der Waals surface area contributed by atoms with Gasteiger partial charge in [0.05, 0.1) is 11.2 Å². The fourth-order valence-electron chi connectivity index (χ4n) is 1.54. The Bertz CT molecular complexity index is 467. The molecule has 98 valence electrons. The minimum atomic E-state index is -3.61. The molecular formula is C9H15BrClN3O2S. The third kappa shape index (κ3) is 3.01. The molecular weight excluding hydrogens is 330 g/mol. The van der Waals surface area contributed by atoms with Crippen LogP contribution in [-0.2, 0) is 17.1 Å². The third-order valence-corrected chi connectivity index (χ3v) is 5.21. The summed E-state index contributed by atoms with van der Waals surface area (Å²) in [5.74, 6) is 0. The molecule has 0 aliphatic carbocycles. The molecule has 0 fully saturated rings. The van der Waals surface area contributed by atoms with Crippen LogP contribution in [0.4, 0.5) is 0 Å². The number of aryl methyl sites for hydroxylation is 1. The quantitative estimate of drug-likeness (QED) is 0.766. The lowest BCUT2D eigenvalue weighted by atomic mass is 10.4. The lowest BCUT2D eigenvalue weighted by Gasteiger charge is -2.25. The Kier molecular flexibility index (Phi) is 5.00. The highest BCUT2D eigenvalue weighted by atomic mass is 79.9. The molecule has 17 heavy (non-hydrogen) atoms. The van der Waals surface area contributed by atoms with E-state index in [0.717, 1.165) is 0 Å². The maximum Gasteiger partial charge on any atom is 0.261 e. The summed E-state index contributed by atoms with van der Waals surface area (Å²) in [5.41, 5.74) is 0. The van der Waals surface area contributed by atoms with Crippen LogP contribution in [0.5, 0.6) is 0 Å². The van der Waals surface area contributed by atoms with Crippen molar-refractivity contribution in [1.82, 2.24) is 14.1 Å². The molecule has 0 unspecified atom stereocenters. The Labute approximate surface area is 115 Å². The van der Waals surface area contributed by atoms with E-state index < -0.39 is 10.0 Å². The topological polar surface area (TPSA) is 55.2 Å². The van der Waals surface area contributed by atoms with E-state index in [1.165, 1.54) is 15.2 Å². The van der Waals surface area contributed by atoms with Crippen molar-refractivity contribution >= 4 is 37.6 Å². The first-order valence-corrected chi connectivity index (χ1v) is 8.01. The number of hydrogen-bond donors (Lipinski definition) is 0. The number of sulfonamides is 1. The SMILES string of the molecule is CC(C)N(CCBr)S(=O)(=O)c1c(Cl)cnn1C. The van der Waals surface area contributed by atoms with Crippen LogP contribution in [0.25, 0.3) is 0 Å². The van der Waals surface area contributed by atoms with Crippen molar-refractivity contribution in [3.63, 3.8) is 0 Å². The van der Waals surface area contributed by atoms with Gasteiger partial charge < -0.3 is 0 Å². The van der Waals surface area contributed by atoms with E-state index in [1.54, 1.807) is 7.05 Å². The average molecular weight is 345 g/mol.